The van der Waals surface area contributed by atoms with Crippen LogP contribution in [0.2, 0.25) is 0 Å². The zero-order chi connectivity index (χ0) is 112. The van der Waals surface area contributed by atoms with E-state index in [0.29, 0.717) is 0 Å². The van der Waals surface area contributed by atoms with E-state index < -0.39 is 0 Å². The van der Waals surface area contributed by atoms with E-state index in [1.807, 2.05) is 545 Å². The molecule has 804 valence electrons. The predicted octanol–water partition coefficient (Wildman–Crippen LogP) is 48.3. The van der Waals surface area contributed by atoms with Crippen molar-refractivity contribution >= 4 is 0 Å². The molecule has 0 saturated heterocycles. The number of rotatable bonds is 9. The summed E-state index contributed by atoms with van der Waals surface area (Å²) in [6.07, 6.45) is 0. The summed E-state index contributed by atoms with van der Waals surface area (Å²) in [4.78, 5) is 0. The second-order valence-corrected chi connectivity index (χ2v) is 21.5. The Labute approximate surface area is 1070 Å². The summed E-state index contributed by atoms with van der Waals surface area (Å²) < 4.78 is 0. The van der Waals surface area contributed by atoms with Crippen LogP contribution in [-0.2, 0) is 196 Å². The summed E-state index contributed by atoms with van der Waals surface area (Å²) in [5, 5.41) is 0. The first-order valence-corrected chi connectivity index (χ1v) is 54.9. The Morgan fingerprint density at radius 2 is 0.367 bits per heavy atom. The van der Waals surface area contributed by atoms with Crippen LogP contribution in [0.1, 0.15) is 349 Å². The van der Waals surface area contributed by atoms with Crippen molar-refractivity contribution in [3.63, 3.8) is 0 Å². The molecule has 0 heterocycles. The van der Waals surface area contributed by atoms with Gasteiger partial charge in [0.2, 0.25) is 0 Å². The maximum atomic E-state index is 3.32. The van der Waals surface area contributed by atoms with E-state index >= 15 is 0 Å². The summed E-state index contributed by atoms with van der Waals surface area (Å²) in [6, 6.07) is 155. The molecule has 0 nitrogen and oxygen atoms in total. The largest absolute Gasteiger partial charge is 0.226 e. The minimum Gasteiger partial charge on any atom is -0.226 e. The minimum absolute atomic E-state index is 0. The topological polar surface area (TPSA) is 0 Å². The Kier molecular flexibility index (Phi) is 225. The van der Waals surface area contributed by atoms with Crippen LogP contribution in [-0.4, -0.2) is 0 Å². The summed E-state index contributed by atoms with van der Waals surface area (Å²) in [5.41, 5.74) is 24.2. The summed E-state index contributed by atoms with van der Waals surface area (Å²) in [7, 11) is 0. The maximum Gasteiger partial charge on any atom is 0 e. The Bertz CT molecular complexity index is 4400. The number of benzene rings is 15. The maximum absolute atomic E-state index is 3.32. The molecule has 0 atom stereocenters. The van der Waals surface area contributed by atoms with Gasteiger partial charge in [0.15, 0.2) is 0 Å². The second-order valence-electron chi connectivity index (χ2n) is 21.5. The van der Waals surface area contributed by atoms with Gasteiger partial charge in [-0.25, -0.2) is 66.8 Å². The molecule has 6 heteroatoms. The van der Waals surface area contributed by atoms with E-state index in [4.69, 9.17) is 0 Å². The van der Waals surface area contributed by atoms with E-state index in [-0.39, 0.29) is 196 Å². The first-order chi connectivity index (χ1) is 69.9. The van der Waals surface area contributed by atoms with Gasteiger partial charge in [-0.1, -0.05) is 455 Å². The van der Waals surface area contributed by atoms with Crippen molar-refractivity contribution in [2.45, 2.75) is 353 Å². The van der Waals surface area contributed by atoms with Gasteiger partial charge in [0.1, 0.15) is 0 Å². The molecule has 15 aromatic carbocycles. The summed E-state index contributed by atoms with van der Waals surface area (Å²) in [5.74, 6) is 0. The molecule has 0 spiro atoms. The molecular formula is C141H210Y6-12. The quantitative estimate of drug-likeness (QED) is 0.126. The van der Waals surface area contributed by atoms with Crippen LogP contribution in [0.5, 0.6) is 0 Å². The molecule has 0 aliphatic rings. The normalized spacial score (nSPS) is 7.37. The standard InChI is InChI=1S/3C18H12.3C13H10.24C2H6.6Y/c1-3-9-15(10-4-1)17-13-7-8-14-18(17)16-11-5-2-6-12-16;1-3-8-15(9-4-1)17-12-7-13-18(14-17)16-10-5-2-6-11-16;1-3-7-15(8-4-1)17-11-13-18(14-12-17)16-9-5-2-6-10-16;1-11-7-5-6-10-13(11)12-8-3-2-4-9-12;1-11-6-5-9-13(10-11)12-7-3-2-4-8-12;1-11-7-9-13(10-8-11)12-5-3-2-4-6-12;24*1-2;;;;;;/h1-11,13H;1-10,12,14H;1-9,11-13H;2-8H,1H3;2-7,10H,1H3;2-5,7-9H,1H3;24*1-2H3;;;;;;/q6*-2;;;;;;;;;;;;;;;;;;;;;;;;;;;;;;. The molecule has 0 amide bonds. The zero-order valence-electron chi connectivity index (χ0n) is 104. The van der Waals surface area contributed by atoms with Gasteiger partial charge in [0, 0.05) is 196 Å². The summed E-state index contributed by atoms with van der Waals surface area (Å²) >= 11 is 0. The van der Waals surface area contributed by atoms with Gasteiger partial charge in [-0.05, 0) is 5.56 Å². The van der Waals surface area contributed by atoms with Crippen molar-refractivity contribution in [1.29, 1.82) is 0 Å². The molecule has 6 radical (unpaired) electrons. The Morgan fingerprint density at radius 1 is 0.129 bits per heavy atom. The van der Waals surface area contributed by atoms with Gasteiger partial charge >= 0.3 is 0 Å². The van der Waals surface area contributed by atoms with Crippen LogP contribution < -0.4 is 0 Å². The van der Waals surface area contributed by atoms with Crippen LogP contribution in [0.15, 0.2) is 346 Å². The smallest absolute Gasteiger partial charge is 0 e. The van der Waals surface area contributed by atoms with Crippen LogP contribution in [0.3, 0.4) is 0 Å². The van der Waals surface area contributed by atoms with Gasteiger partial charge in [0.05, 0.1) is 0 Å². The third-order valence-electron chi connectivity index (χ3n) is 14.7. The van der Waals surface area contributed by atoms with Crippen molar-refractivity contribution < 1.29 is 196 Å². The summed E-state index contributed by atoms with van der Waals surface area (Å²) in [6.45, 7) is 102. The second kappa shape index (κ2) is 171. The van der Waals surface area contributed by atoms with Crippen molar-refractivity contribution in [1.82, 2.24) is 0 Å². The third kappa shape index (κ3) is 100.0. The fourth-order valence-corrected chi connectivity index (χ4v) is 9.91. The molecule has 15 aromatic rings. The van der Waals surface area contributed by atoms with Crippen molar-refractivity contribution in [3.8, 4) is 100 Å². The Balaban J connectivity index is -0.0000000626. The Morgan fingerprint density at radius 3 is 0.653 bits per heavy atom. The van der Waals surface area contributed by atoms with E-state index in [0.717, 1.165) is 66.8 Å². The molecule has 0 saturated carbocycles. The first kappa shape index (κ1) is 193. The average molecular weight is 2440 g/mol. The SMILES string of the molecule is CC.CC.CC.CC.CC.CC.CC.CC.CC.CC.CC.CC.CC.CC.CC.CC.CC.CC.CC.CC.CC.CC.CC.CC.Cc1c[c-]c(-c2[c-]cccc2)cc1.Cc1cc[c-]c(-c2[c-]cccc2)c1.Cc1ccc[c-]c1-c1[c-]cccc1.[Y].[Y].[Y].[Y].[Y].[Y].[c-]1ccccc1-c1[c-]cc(-c2ccccc2)cc1.[c-]1ccccc1-c1[c-]ccc(-c2ccccc2)c1.[c-]1ccccc1-c1[c-]cccc1-c1ccccc1. The molecule has 15 rings (SSSR count). The van der Waals surface area contributed by atoms with Gasteiger partial charge in [0.25, 0.3) is 0 Å². The molecule has 0 N–H and O–H groups in total. The molecule has 0 fully saturated rings. The molecule has 0 bridgehead atoms. The molecule has 147 heavy (non-hydrogen) atoms. The van der Waals surface area contributed by atoms with Crippen LogP contribution in [0.25, 0.3) is 100 Å². The Hall–Kier alpha value is -5.08. The monoisotopic (exact) mass is 2440 g/mol. The molecular weight excluding hydrogens is 2230 g/mol. The van der Waals surface area contributed by atoms with E-state index in [1.165, 1.54) is 50.1 Å². The number of aryl methyl sites for hydroxylation is 3. The predicted molar refractivity (Wildman–Crippen MR) is 660 cm³/mol. The minimum atomic E-state index is 0. The van der Waals surface area contributed by atoms with Crippen LogP contribution in [0.4, 0.5) is 0 Å². The van der Waals surface area contributed by atoms with Gasteiger partial charge in [-0.3, -0.25) is 0 Å². The molecule has 0 aliphatic carbocycles. The van der Waals surface area contributed by atoms with Gasteiger partial charge < -0.3 is 0 Å². The third-order valence-corrected chi connectivity index (χ3v) is 14.7. The average Bonchev–Trinajstić information content (AvgIpc) is 0.836. The van der Waals surface area contributed by atoms with E-state index in [9.17, 15) is 0 Å². The first-order valence-electron chi connectivity index (χ1n) is 54.9. The molecule has 0 aliphatic heterocycles. The molecule has 0 aromatic heterocycles. The van der Waals surface area contributed by atoms with Crippen molar-refractivity contribution in [2.75, 3.05) is 0 Å². The molecule has 0 unspecified atom stereocenters. The number of hydrogen-bond donors (Lipinski definition) is 0. The van der Waals surface area contributed by atoms with Crippen molar-refractivity contribution in [2.24, 2.45) is 0 Å². The van der Waals surface area contributed by atoms with E-state index in [1.54, 1.807) is 0 Å². The van der Waals surface area contributed by atoms with Crippen LogP contribution in [0, 0.1) is 93.6 Å². The van der Waals surface area contributed by atoms with E-state index in [2.05, 4.69) is 227 Å². The number of hydrogen-bond acceptors (Lipinski definition) is 0. The fraction of sp³-hybridized carbons (Fsp3) is 0.362. The van der Waals surface area contributed by atoms with Crippen LogP contribution >= 0.6 is 0 Å². The van der Waals surface area contributed by atoms with Gasteiger partial charge in [-0.15, -0.1) is 107 Å². The zero-order valence-corrected chi connectivity index (χ0v) is 121. The van der Waals surface area contributed by atoms with Gasteiger partial charge in [-0.2, -0.15) is 254 Å². The van der Waals surface area contributed by atoms with Crippen molar-refractivity contribution in [3.05, 3.63) is 435 Å². The fourth-order valence-electron chi connectivity index (χ4n) is 9.91.